The predicted octanol–water partition coefficient (Wildman–Crippen LogP) is 5.19. The number of rotatable bonds is 4. The highest BCUT2D eigenvalue weighted by atomic mass is 19.4. The quantitative estimate of drug-likeness (QED) is 0.758. The summed E-state index contributed by atoms with van der Waals surface area (Å²) in [6.45, 7) is 3.59. The minimum absolute atomic E-state index is 0.0103. The summed E-state index contributed by atoms with van der Waals surface area (Å²) >= 11 is 0. The molecule has 1 aromatic rings. The Bertz CT molecular complexity index is 445. The van der Waals surface area contributed by atoms with Gasteiger partial charge >= 0.3 is 12.4 Å². The molecule has 0 aliphatic rings. The molecule has 7 heteroatoms. The highest BCUT2D eigenvalue weighted by molar-refractivity contribution is 5.34. The fourth-order valence-electron chi connectivity index (χ4n) is 1.86. The molecule has 2 unspecified atom stereocenters. The molecule has 0 aliphatic heterocycles. The van der Waals surface area contributed by atoms with Crippen LogP contribution in [0.2, 0.25) is 0 Å². The zero-order valence-corrected chi connectivity index (χ0v) is 11.5. The van der Waals surface area contributed by atoms with Gasteiger partial charge in [0.1, 0.15) is 0 Å². The maximum Gasteiger partial charge on any atom is 0.416 e. The van der Waals surface area contributed by atoms with E-state index in [1.54, 1.807) is 6.92 Å². The average Bonchev–Trinajstić information content (AvgIpc) is 2.35. The van der Waals surface area contributed by atoms with Crippen molar-refractivity contribution in [3.05, 3.63) is 34.9 Å². The lowest BCUT2D eigenvalue weighted by Crippen LogP contribution is -2.13. The molecular formula is C14H16F6O. The van der Waals surface area contributed by atoms with Crippen molar-refractivity contribution in [2.75, 3.05) is 0 Å². The maximum absolute atomic E-state index is 12.7. The van der Waals surface area contributed by atoms with Gasteiger partial charge in [-0.3, -0.25) is 0 Å². The molecule has 0 bridgehead atoms. The molecule has 2 atom stereocenters. The number of alkyl halides is 6. The molecule has 1 aromatic carbocycles. The summed E-state index contributed by atoms with van der Waals surface area (Å²) < 4.78 is 76.1. The van der Waals surface area contributed by atoms with Crippen molar-refractivity contribution in [2.45, 2.75) is 45.1 Å². The minimum Gasteiger partial charge on any atom is -0.388 e. The Morgan fingerprint density at radius 2 is 1.38 bits per heavy atom. The van der Waals surface area contributed by atoms with Crippen LogP contribution in [0, 0.1) is 5.92 Å². The van der Waals surface area contributed by atoms with Gasteiger partial charge in [-0.25, -0.2) is 0 Å². The van der Waals surface area contributed by atoms with E-state index in [0.717, 1.165) is 0 Å². The molecular weight excluding hydrogens is 298 g/mol. The minimum atomic E-state index is -4.90. The van der Waals surface area contributed by atoms with Crippen molar-refractivity contribution in [1.29, 1.82) is 0 Å². The normalized spacial score (nSPS) is 15.9. The molecule has 0 fully saturated rings. The maximum atomic E-state index is 12.7. The number of benzene rings is 1. The van der Waals surface area contributed by atoms with Gasteiger partial charge in [-0.05, 0) is 36.1 Å². The molecule has 0 heterocycles. The van der Waals surface area contributed by atoms with Crippen molar-refractivity contribution in [3.63, 3.8) is 0 Å². The first-order valence-electron chi connectivity index (χ1n) is 6.42. The van der Waals surface area contributed by atoms with E-state index in [2.05, 4.69) is 0 Å². The van der Waals surface area contributed by atoms with Gasteiger partial charge in [0, 0.05) is 0 Å². The van der Waals surface area contributed by atoms with Crippen molar-refractivity contribution in [1.82, 2.24) is 0 Å². The first-order valence-corrected chi connectivity index (χ1v) is 6.42. The third-order valence-corrected chi connectivity index (χ3v) is 3.32. The summed E-state index contributed by atoms with van der Waals surface area (Å²) in [5, 5.41) is 9.87. The van der Waals surface area contributed by atoms with E-state index in [0.29, 0.717) is 18.6 Å². The van der Waals surface area contributed by atoms with E-state index in [1.165, 1.54) is 0 Å². The Hall–Kier alpha value is -1.24. The van der Waals surface area contributed by atoms with Gasteiger partial charge in [0.15, 0.2) is 0 Å². The van der Waals surface area contributed by atoms with Crippen LogP contribution in [0.3, 0.4) is 0 Å². The van der Waals surface area contributed by atoms with Crippen molar-refractivity contribution in [3.8, 4) is 0 Å². The molecule has 1 rings (SSSR count). The molecule has 0 spiro atoms. The van der Waals surface area contributed by atoms with Gasteiger partial charge < -0.3 is 5.11 Å². The largest absolute Gasteiger partial charge is 0.416 e. The topological polar surface area (TPSA) is 20.2 Å². The molecule has 0 aliphatic carbocycles. The molecule has 120 valence electrons. The lowest BCUT2D eigenvalue weighted by molar-refractivity contribution is -0.143. The van der Waals surface area contributed by atoms with Crippen LogP contribution in [-0.4, -0.2) is 5.11 Å². The number of aliphatic hydroxyl groups is 1. The molecule has 0 saturated carbocycles. The van der Waals surface area contributed by atoms with Gasteiger partial charge in [0.2, 0.25) is 0 Å². The Balaban J connectivity index is 3.25. The zero-order valence-electron chi connectivity index (χ0n) is 11.5. The molecule has 21 heavy (non-hydrogen) atoms. The first-order chi connectivity index (χ1) is 9.45. The fourth-order valence-corrected chi connectivity index (χ4v) is 1.86. The second-order valence-corrected chi connectivity index (χ2v) is 5.10. The van der Waals surface area contributed by atoms with E-state index in [4.69, 9.17) is 0 Å². The highest BCUT2D eigenvalue weighted by Crippen LogP contribution is 2.38. The fraction of sp³-hybridized carbons (Fsp3) is 0.571. The summed E-state index contributed by atoms with van der Waals surface area (Å²) in [6, 6.07) is 1.20. The van der Waals surface area contributed by atoms with Gasteiger partial charge in [-0.1, -0.05) is 20.3 Å². The number of hydrogen-bond acceptors (Lipinski definition) is 1. The molecule has 1 N–H and O–H groups in total. The summed E-state index contributed by atoms with van der Waals surface area (Å²) in [6.07, 6.45) is -10.4. The summed E-state index contributed by atoms with van der Waals surface area (Å²) in [4.78, 5) is 0. The Kier molecular flexibility index (Phi) is 5.30. The summed E-state index contributed by atoms with van der Waals surface area (Å²) in [7, 11) is 0. The zero-order chi connectivity index (χ0) is 16.4. The van der Waals surface area contributed by atoms with Gasteiger partial charge in [0.25, 0.3) is 0 Å². The highest BCUT2D eigenvalue weighted by Gasteiger charge is 2.37. The van der Waals surface area contributed by atoms with Crippen LogP contribution in [0.5, 0.6) is 0 Å². The second-order valence-electron chi connectivity index (χ2n) is 5.10. The summed E-state index contributed by atoms with van der Waals surface area (Å²) in [5.41, 5.74) is -3.18. The van der Waals surface area contributed by atoms with E-state index in [1.807, 2.05) is 6.92 Å². The second kappa shape index (κ2) is 6.25. The van der Waals surface area contributed by atoms with Crippen LogP contribution in [0.15, 0.2) is 18.2 Å². The third kappa shape index (κ3) is 4.91. The molecule has 0 radical (unpaired) electrons. The third-order valence-electron chi connectivity index (χ3n) is 3.32. The summed E-state index contributed by atoms with van der Waals surface area (Å²) in [5.74, 6) is -0.0103. The number of aliphatic hydroxyl groups excluding tert-OH is 1. The molecule has 0 aromatic heterocycles. The van der Waals surface area contributed by atoms with Crippen LogP contribution in [0.25, 0.3) is 0 Å². The van der Waals surface area contributed by atoms with E-state index in [9.17, 15) is 31.4 Å². The first kappa shape index (κ1) is 17.8. The SMILES string of the molecule is CCC(C)CC(O)c1cc(C(F)(F)F)cc(C(F)(F)F)c1. The average molecular weight is 314 g/mol. The Labute approximate surface area is 118 Å². The molecule has 0 saturated heterocycles. The lowest BCUT2D eigenvalue weighted by Gasteiger charge is -2.19. The van der Waals surface area contributed by atoms with Gasteiger partial charge in [0.05, 0.1) is 17.2 Å². The van der Waals surface area contributed by atoms with E-state index >= 15 is 0 Å². The van der Waals surface area contributed by atoms with Crippen LogP contribution in [0.1, 0.15) is 49.5 Å². The van der Waals surface area contributed by atoms with Gasteiger partial charge in [-0.15, -0.1) is 0 Å². The lowest BCUT2D eigenvalue weighted by atomic mass is 9.94. The van der Waals surface area contributed by atoms with Crippen LogP contribution < -0.4 is 0 Å². The van der Waals surface area contributed by atoms with Crippen LogP contribution in [-0.2, 0) is 12.4 Å². The number of hydrogen-bond donors (Lipinski definition) is 1. The van der Waals surface area contributed by atoms with Crippen molar-refractivity contribution in [2.24, 2.45) is 5.92 Å². The molecule has 1 nitrogen and oxygen atoms in total. The Morgan fingerprint density at radius 1 is 0.952 bits per heavy atom. The van der Waals surface area contributed by atoms with E-state index in [-0.39, 0.29) is 24.0 Å². The van der Waals surface area contributed by atoms with Crippen LogP contribution in [0.4, 0.5) is 26.3 Å². The Morgan fingerprint density at radius 3 is 1.71 bits per heavy atom. The standard InChI is InChI=1S/C14H16F6O/c1-3-8(2)4-12(21)9-5-10(13(15,16)17)7-11(6-9)14(18,19)20/h5-8,12,21H,3-4H2,1-2H3. The van der Waals surface area contributed by atoms with E-state index < -0.39 is 29.6 Å². The van der Waals surface area contributed by atoms with Gasteiger partial charge in [-0.2, -0.15) is 26.3 Å². The van der Waals surface area contributed by atoms with Crippen molar-refractivity contribution < 1.29 is 31.4 Å². The number of halogens is 6. The van der Waals surface area contributed by atoms with Crippen molar-refractivity contribution >= 4 is 0 Å². The monoisotopic (exact) mass is 314 g/mol. The predicted molar refractivity (Wildman–Crippen MR) is 65.5 cm³/mol. The van der Waals surface area contributed by atoms with Crippen LogP contribution >= 0.6 is 0 Å². The molecule has 0 amide bonds. The smallest absolute Gasteiger partial charge is 0.388 e.